The number of carbonyl (C=O) groups excluding carboxylic acids is 1. The summed E-state index contributed by atoms with van der Waals surface area (Å²) in [6, 6.07) is -0.203. The van der Waals surface area contributed by atoms with E-state index in [2.05, 4.69) is 4.74 Å². The number of ether oxygens (including phenoxy) is 1. The number of hydrogen-bond donors (Lipinski definition) is 0. The van der Waals surface area contributed by atoms with Gasteiger partial charge in [0.25, 0.3) is 0 Å². The van der Waals surface area contributed by atoms with Gasteiger partial charge in [0.1, 0.15) is 12.7 Å². The Bertz CT molecular complexity index is 163. The number of hydrogen-bond acceptors (Lipinski definition) is 3. The second-order valence-corrected chi connectivity index (χ2v) is 2.91. The van der Waals surface area contributed by atoms with Gasteiger partial charge in [-0.1, -0.05) is 0 Å². The fourth-order valence-corrected chi connectivity index (χ4v) is 1.61. The number of esters is 1. The summed E-state index contributed by atoms with van der Waals surface area (Å²) in [5.41, 5.74) is 0. The van der Waals surface area contributed by atoms with E-state index < -0.39 is 6.67 Å². The fourth-order valence-electron chi connectivity index (χ4n) is 1.61. The Balaban J connectivity index is 2.45. The molecule has 1 aliphatic heterocycles. The summed E-state index contributed by atoms with van der Waals surface area (Å²) < 4.78 is 16.6. The van der Waals surface area contributed by atoms with Gasteiger partial charge in [-0.25, -0.2) is 4.39 Å². The third kappa shape index (κ3) is 1.94. The molecule has 0 aromatic heterocycles. The number of alkyl halides is 1. The van der Waals surface area contributed by atoms with E-state index in [0.717, 1.165) is 19.4 Å². The van der Waals surface area contributed by atoms with Gasteiger partial charge in [-0.15, -0.1) is 0 Å². The standard InChI is InChI=1S/C8H14FNO2/c1-12-8(11)7-3-2-5-10(7)6-4-9/h7H,2-6H2,1H3. The topological polar surface area (TPSA) is 29.5 Å². The van der Waals surface area contributed by atoms with E-state index in [0.29, 0.717) is 6.54 Å². The molecule has 1 aliphatic rings. The molecule has 0 radical (unpaired) electrons. The monoisotopic (exact) mass is 175 g/mol. The average Bonchev–Trinajstić information content (AvgIpc) is 2.52. The molecular formula is C8H14FNO2. The van der Waals surface area contributed by atoms with Crippen LogP contribution in [0.2, 0.25) is 0 Å². The van der Waals surface area contributed by atoms with Gasteiger partial charge in [-0.05, 0) is 19.4 Å². The number of methoxy groups -OCH3 is 1. The molecule has 0 N–H and O–H groups in total. The minimum absolute atomic E-state index is 0.203. The Morgan fingerprint density at radius 1 is 1.75 bits per heavy atom. The third-order valence-corrected chi connectivity index (χ3v) is 2.21. The van der Waals surface area contributed by atoms with Crippen molar-refractivity contribution in [2.45, 2.75) is 18.9 Å². The van der Waals surface area contributed by atoms with Crippen molar-refractivity contribution >= 4 is 5.97 Å². The lowest BCUT2D eigenvalue weighted by Gasteiger charge is -2.20. The van der Waals surface area contributed by atoms with E-state index in [9.17, 15) is 9.18 Å². The fraction of sp³-hybridized carbons (Fsp3) is 0.875. The lowest BCUT2D eigenvalue weighted by Crippen LogP contribution is -2.38. The van der Waals surface area contributed by atoms with E-state index in [1.54, 1.807) is 0 Å². The Hall–Kier alpha value is -0.640. The Morgan fingerprint density at radius 3 is 3.08 bits per heavy atom. The lowest BCUT2D eigenvalue weighted by atomic mass is 10.2. The maximum absolute atomic E-state index is 12.0. The molecule has 0 aromatic carbocycles. The molecule has 0 saturated carbocycles. The van der Waals surface area contributed by atoms with Crippen molar-refractivity contribution < 1.29 is 13.9 Å². The molecule has 4 heteroatoms. The SMILES string of the molecule is COC(=O)C1CCCN1CCF. The summed E-state index contributed by atoms with van der Waals surface area (Å²) in [6.45, 7) is 0.761. The van der Waals surface area contributed by atoms with Crippen LogP contribution in [0, 0.1) is 0 Å². The highest BCUT2D eigenvalue weighted by atomic mass is 19.1. The molecular weight excluding hydrogens is 161 g/mol. The van der Waals surface area contributed by atoms with Crippen molar-refractivity contribution in [3.63, 3.8) is 0 Å². The Kier molecular flexibility index (Phi) is 3.47. The van der Waals surface area contributed by atoms with E-state index in [4.69, 9.17) is 0 Å². The predicted molar refractivity (Wildman–Crippen MR) is 42.6 cm³/mol. The summed E-state index contributed by atoms with van der Waals surface area (Å²) in [6.07, 6.45) is 1.76. The van der Waals surface area contributed by atoms with Crippen LogP contribution in [0.25, 0.3) is 0 Å². The van der Waals surface area contributed by atoms with Crippen molar-refractivity contribution in [1.82, 2.24) is 4.90 Å². The number of carbonyl (C=O) groups is 1. The number of likely N-dealkylation sites (tertiary alicyclic amines) is 1. The first-order valence-corrected chi connectivity index (χ1v) is 4.17. The number of halogens is 1. The summed E-state index contributed by atoms with van der Waals surface area (Å²) in [5, 5.41) is 0. The van der Waals surface area contributed by atoms with Gasteiger partial charge in [0.05, 0.1) is 7.11 Å². The van der Waals surface area contributed by atoms with Crippen LogP contribution in [0.4, 0.5) is 4.39 Å². The molecule has 0 aliphatic carbocycles. The first kappa shape index (κ1) is 9.45. The van der Waals surface area contributed by atoms with Crippen molar-refractivity contribution in [2.75, 3.05) is 26.9 Å². The van der Waals surface area contributed by atoms with Gasteiger partial charge in [0, 0.05) is 6.54 Å². The van der Waals surface area contributed by atoms with Crippen LogP contribution in [0.15, 0.2) is 0 Å². The number of rotatable bonds is 3. The van der Waals surface area contributed by atoms with Crippen LogP contribution in [-0.2, 0) is 9.53 Å². The summed E-state index contributed by atoms with van der Waals surface area (Å²) in [7, 11) is 1.37. The minimum Gasteiger partial charge on any atom is -0.468 e. The first-order valence-electron chi connectivity index (χ1n) is 4.17. The average molecular weight is 175 g/mol. The van der Waals surface area contributed by atoms with Crippen LogP contribution in [0.3, 0.4) is 0 Å². The van der Waals surface area contributed by atoms with Crippen LogP contribution >= 0.6 is 0 Å². The van der Waals surface area contributed by atoms with Gasteiger partial charge < -0.3 is 4.74 Å². The maximum Gasteiger partial charge on any atom is 0.323 e. The predicted octanol–water partition coefficient (Wildman–Crippen LogP) is 0.593. The quantitative estimate of drug-likeness (QED) is 0.588. The molecule has 1 heterocycles. The zero-order valence-corrected chi connectivity index (χ0v) is 7.25. The highest BCUT2D eigenvalue weighted by Gasteiger charge is 2.30. The van der Waals surface area contributed by atoms with E-state index >= 15 is 0 Å². The highest BCUT2D eigenvalue weighted by molar-refractivity contribution is 5.75. The van der Waals surface area contributed by atoms with Gasteiger partial charge in [0.15, 0.2) is 0 Å². The molecule has 3 nitrogen and oxygen atoms in total. The Labute approximate surface area is 71.5 Å². The van der Waals surface area contributed by atoms with Crippen LogP contribution < -0.4 is 0 Å². The molecule has 0 aromatic rings. The molecule has 1 fully saturated rings. The van der Waals surface area contributed by atoms with E-state index in [1.165, 1.54) is 7.11 Å². The third-order valence-electron chi connectivity index (χ3n) is 2.21. The summed E-state index contributed by atoms with van der Waals surface area (Å²) in [4.78, 5) is 13.0. The maximum atomic E-state index is 12.0. The van der Waals surface area contributed by atoms with Crippen molar-refractivity contribution in [2.24, 2.45) is 0 Å². The van der Waals surface area contributed by atoms with Crippen molar-refractivity contribution in [1.29, 1.82) is 0 Å². The van der Waals surface area contributed by atoms with Crippen molar-refractivity contribution in [3.8, 4) is 0 Å². The minimum atomic E-state index is -0.395. The molecule has 1 unspecified atom stereocenters. The molecule has 0 bridgehead atoms. The lowest BCUT2D eigenvalue weighted by molar-refractivity contribution is -0.145. The normalized spacial score (nSPS) is 24.3. The van der Waals surface area contributed by atoms with Crippen LogP contribution in [0.5, 0.6) is 0 Å². The van der Waals surface area contributed by atoms with E-state index in [1.807, 2.05) is 4.90 Å². The van der Waals surface area contributed by atoms with Crippen LogP contribution in [0.1, 0.15) is 12.8 Å². The summed E-state index contributed by atoms with van der Waals surface area (Å²) >= 11 is 0. The molecule has 70 valence electrons. The zero-order valence-electron chi connectivity index (χ0n) is 7.25. The molecule has 0 spiro atoms. The largest absolute Gasteiger partial charge is 0.468 e. The second-order valence-electron chi connectivity index (χ2n) is 2.91. The molecule has 1 atom stereocenters. The van der Waals surface area contributed by atoms with Gasteiger partial charge in [0.2, 0.25) is 0 Å². The van der Waals surface area contributed by atoms with E-state index in [-0.39, 0.29) is 12.0 Å². The summed E-state index contributed by atoms with van der Waals surface area (Å²) in [5.74, 6) is -0.235. The van der Waals surface area contributed by atoms with Crippen LogP contribution in [-0.4, -0.2) is 43.8 Å². The van der Waals surface area contributed by atoms with Crippen molar-refractivity contribution in [3.05, 3.63) is 0 Å². The molecule has 1 saturated heterocycles. The molecule has 0 amide bonds. The second kappa shape index (κ2) is 4.40. The van der Waals surface area contributed by atoms with Gasteiger partial charge in [-0.3, -0.25) is 9.69 Å². The van der Waals surface area contributed by atoms with Gasteiger partial charge >= 0.3 is 5.97 Å². The molecule has 12 heavy (non-hydrogen) atoms. The zero-order chi connectivity index (χ0) is 8.97. The highest BCUT2D eigenvalue weighted by Crippen LogP contribution is 2.17. The smallest absolute Gasteiger partial charge is 0.323 e. The first-order chi connectivity index (χ1) is 5.79. The Morgan fingerprint density at radius 2 is 2.50 bits per heavy atom. The number of nitrogens with zero attached hydrogens (tertiary/aromatic N) is 1. The molecule has 1 rings (SSSR count). The van der Waals surface area contributed by atoms with Gasteiger partial charge in [-0.2, -0.15) is 0 Å².